The van der Waals surface area contributed by atoms with E-state index in [0.717, 1.165) is 30.9 Å². The minimum Gasteiger partial charge on any atom is -0.497 e. The Balaban J connectivity index is 2.20. The van der Waals surface area contributed by atoms with Gasteiger partial charge in [0.05, 0.1) is 32.0 Å². The maximum absolute atomic E-state index is 13.1. The van der Waals surface area contributed by atoms with E-state index in [2.05, 4.69) is 33.5 Å². The molecule has 1 N–H and O–H groups in total. The van der Waals surface area contributed by atoms with Crippen LogP contribution in [0.2, 0.25) is 25.7 Å². The Hall–Kier alpha value is -1.61. The molecule has 8 heteroatoms. The summed E-state index contributed by atoms with van der Waals surface area (Å²) >= 11 is 0. The predicted molar refractivity (Wildman–Crippen MR) is 131 cm³/mol. The van der Waals surface area contributed by atoms with E-state index in [4.69, 9.17) is 23.7 Å². The minimum atomic E-state index is -1.33. The van der Waals surface area contributed by atoms with Gasteiger partial charge in [0.1, 0.15) is 17.1 Å². The van der Waals surface area contributed by atoms with Gasteiger partial charge in [0.25, 0.3) is 0 Å². The molecule has 0 bridgehead atoms. The van der Waals surface area contributed by atoms with Gasteiger partial charge < -0.3 is 28.8 Å². The van der Waals surface area contributed by atoms with E-state index in [1.165, 1.54) is 7.11 Å². The zero-order valence-corrected chi connectivity index (χ0v) is 22.4. The summed E-state index contributed by atoms with van der Waals surface area (Å²) in [5.74, 6) is 0.929. The molecule has 1 aromatic carbocycles. The first-order valence-electron chi connectivity index (χ1n) is 11.8. The number of carbonyl (C=O) groups excluding carboxylic acids is 1. The second kappa shape index (κ2) is 12.2. The minimum absolute atomic E-state index is 0.0223. The van der Waals surface area contributed by atoms with Gasteiger partial charge in [-0.3, -0.25) is 0 Å². The van der Waals surface area contributed by atoms with Crippen LogP contribution in [0.4, 0.5) is 0 Å². The van der Waals surface area contributed by atoms with Crippen LogP contribution in [0.5, 0.6) is 11.5 Å². The second-order valence-electron chi connectivity index (χ2n) is 10.6. The molecule has 0 spiro atoms. The molecule has 0 amide bonds. The van der Waals surface area contributed by atoms with Gasteiger partial charge in [0, 0.05) is 21.3 Å². The monoisotopic (exact) mass is 482 g/mol. The standard InChI is InChI=1S/C25H42O7Si/c1-25(2)15-19(22(16-26)32-25)10-8-9-18-13-20(29-4)14-21(31-17-28-3)23(18)24(27)30-11-12-33(5,6)7/h13-14,19,22,26H,8-12,15-17H2,1-7H3/t19-,22-/m1/s1. The van der Waals surface area contributed by atoms with E-state index < -0.39 is 8.07 Å². The Morgan fingerprint density at radius 1 is 1.24 bits per heavy atom. The van der Waals surface area contributed by atoms with Crippen LogP contribution in [-0.4, -0.2) is 65.1 Å². The van der Waals surface area contributed by atoms with E-state index in [9.17, 15) is 9.90 Å². The van der Waals surface area contributed by atoms with Crippen molar-refractivity contribution in [1.82, 2.24) is 0 Å². The van der Waals surface area contributed by atoms with Gasteiger partial charge in [0.2, 0.25) is 0 Å². The Bertz CT molecular complexity index is 773. The van der Waals surface area contributed by atoms with Crippen LogP contribution >= 0.6 is 0 Å². The van der Waals surface area contributed by atoms with Crippen LogP contribution in [0.25, 0.3) is 0 Å². The Kier molecular flexibility index (Phi) is 10.2. The lowest BCUT2D eigenvalue weighted by atomic mass is 9.88. The van der Waals surface area contributed by atoms with Crippen LogP contribution < -0.4 is 9.47 Å². The smallest absolute Gasteiger partial charge is 0.342 e. The number of aryl methyl sites for hydroxylation is 1. The van der Waals surface area contributed by atoms with Gasteiger partial charge in [-0.2, -0.15) is 0 Å². The molecule has 0 aliphatic carbocycles. The summed E-state index contributed by atoms with van der Waals surface area (Å²) in [5.41, 5.74) is 1.04. The summed E-state index contributed by atoms with van der Waals surface area (Å²) < 4.78 is 27.9. The van der Waals surface area contributed by atoms with E-state index in [1.54, 1.807) is 13.2 Å². The number of ether oxygens (including phenoxy) is 5. The number of aliphatic hydroxyl groups is 1. The zero-order valence-electron chi connectivity index (χ0n) is 21.4. The van der Waals surface area contributed by atoms with Crippen LogP contribution in [0, 0.1) is 5.92 Å². The lowest BCUT2D eigenvalue weighted by Crippen LogP contribution is -2.23. The van der Waals surface area contributed by atoms with Crippen molar-refractivity contribution >= 4 is 14.0 Å². The van der Waals surface area contributed by atoms with Crippen molar-refractivity contribution in [3.63, 3.8) is 0 Å². The summed E-state index contributed by atoms with van der Waals surface area (Å²) in [4.78, 5) is 13.1. The third kappa shape index (κ3) is 8.59. The summed E-state index contributed by atoms with van der Waals surface area (Å²) in [5, 5.41) is 9.70. The molecule has 0 radical (unpaired) electrons. The Morgan fingerprint density at radius 2 is 1.97 bits per heavy atom. The van der Waals surface area contributed by atoms with Crippen molar-refractivity contribution in [2.45, 2.75) is 76.9 Å². The molecular weight excluding hydrogens is 440 g/mol. The van der Waals surface area contributed by atoms with Crippen LogP contribution in [-0.2, 0) is 20.6 Å². The van der Waals surface area contributed by atoms with Crippen molar-refractivity contribution in [3.05, 3.63) is 23.3 Å². The highest BCUT2D eigenvalue weighted by molar-refractivity contribution is 6.76. The summed E-state index contributed by atoms with van der Waals surface area (Å²) in [7, 11) is 1.80. The number of aliphatic hydroxyl groups excluding tert-OH is 1. The topological polar surface area (TPSA) is 83.5 Å². The first-order valence-corrected chi connectivity index (χ1v) is 15.5. The van der Waals surface area contributed by atoms with Crippen molar-refractivity contribution in [1.29, 1.82) is 0 Å². The molecule has 1 fully saturated rings. The molecule has 0 saturated carbocycles. The third-order valence-electron chi connectivity index (χ3n) is 5.97. The van der Waals surface area contributed by atoms with E-state index in [-0.39, 0.29) is 37.0 Å². The number of hydrogen-bond donors (Lipinski definition) is 1. The van der Waals surface area contributed by atoms with Crippen molar-refractivity contribution in [2.24, 2.45) is 5.92 Å². The Morgan fingerprint density at radius 3 is 2.58 bits per heavy atom. The third-order valence-corrected chi connectivity index (χ3v) is 7.67. The number of benzene rings is 1. The molecule has 1 aliphatic heterocycles. The number of hydrogen-bond acceptors (Lipinski definition) is 7. The zero-order chi connectivity index (χ0) is 24.6. The first-order chi connectivity index (χ1) is 15.5. The van der Waals surface area contributed by atoms with Crippen molar-refractivity contribution < 1.29 is 33.6 Å². The average molecular weight is 483 g/mol. The number of esters is 1. The first kappa shape index (κ1) is 27.6. The van der Waals surface area contributed by atoms with Crippen LogP contribution in [0.15, 0.2) is 12.1 Å². The molecule has 1 aliphatic rings. The normalized spacial score (nSPS) is 20.0. The fourth-order valence-electron chi connectivity index (χ4n) is 4.30. The van der Waals surface area contributed by atoms with E-state index in [1.807, 2.05) is 6.07 Å². The average Bonchev–Trinajstić information content (AvgIpc) is 3.04. The van der Waals surface area contributed by atoms with Crippen LogP contribution in [0.1, 0.15) is 49.0 Å². The number of rotatable bonds is 13. The lowest BCUT2D eigenvalue weighted by molar-refractivity contribution is -0.0446. The van der Waals surface area contributed by atoms with Crippen molar-refractivity contribution in [3.8, 4) is 11.5 Å². The lowest BCUT2D eigenvalue weighted by Gasteiger charge is -2.19. The molecule has 33 heavy (non-hydrogen) atoms. The molecule has 1 heterocycles. The molecule has 1 aromatic rings. The van der Waals surface area contributed by atoms with Gasteiger partial charge in [-0.15, -0.1) is 0 Å². The SMILES string of the molecule is COCOc1cc(OC)cc(CCC[C@@H]2CC(C)(C)O[C@@H]2CO)c1C(=O)OCC[Si](C)(C)C. The van der Waals surface area contributed by atoms with E-state index >= 15 is 0 Å². The molecule has 0 aromatic heterocycles. The summed E-state index contributed by atoms with van der Waals surface area (Å²) in [6, 6.07) is 4.48. The maximum Gasteiger partial charge on any atom is 0.342 e. The van der Waals surface area contributed by atoms with Gasteiger partial charge >= 0.3 is 5.97 Å². The van der Waals surface area contributed by atoms with Gasteiger partial charge in [-0.25, -0.2) is 4.79 Å². The molecule has 0 unspecified atom stereocenters. The van der Waals surface area contributed by atoms with Crippen LogP contribution in [0.3, 0.4) is 0 Å². The quantitative estimate of drug-likeness (QED) is 0.248. The highest BCUT2D eigenvalue weighted by atomic mass is 28.3. The van der Waals surface area contributed by atoms with Gasteiger partial charge in [-0.05, 0) is 63.1 Å². The molecule has 1 saturated heterocycles. The maximum atomic E-state index is 13.1. The largest absolute Gasteiger partial charge is 0.497 e. The molecule has 7 nitrogen and oxygen atoms in total. The van der Waals surface area contributed by atoms with E-state index in [0.29, 0.717) is 30.1 Å². The molecule has 2 rings (SSSR count). The fourth-order valence-corrected chi connectivity index (χ4v) is 5.01. The summed E-state index contributed by atoms with van der Waals surface area (Å²) in [6.45, 7) is 11.3. The molecule has 2 atom stereocenters. The highest BCUT2D eigenvalue weighted by Crippen LogP contribution is 2.38. The Labute approximate surface area is 199 Å². The number of carbonyl (C=O) groups is 1. The van der Waals surface area contributed by atoms with Gasteiger partial charge in [-0.1, -0.05) is 19.6 Å². The predicted octanol–water partition coefficient (Wildman–Crippen LogP) is 4.67. The number of methoxy groups -OCH3 is 2. The summed E-state index contributed by atoms with van der Waals surface area (Å²) in [6.07, 6.45) is 3.16. The fraction of sp³-hybridized carbons (Fsp3) is 0.720. The molecule has 188 valence electrons. The second-order valence-corrected chi connectivity index (χ2v) is 16.2. The van der Waals surface area contributed by atoms with Crippen molar-refractivity contribution in [2.75, 3.05) is 34.2 Å². The van der Waals surface area contributed by atoms with Gasteiger partial charge in [0.15, 0.2) is 6.79 Å². The highest BCUT2D eigenvalue weighted by Gasteiger charge is 2.39. The molecular formula is C25H42O7Si.